The Morgan fingerprint density at radius 2 is 2.05 bits per heavy atom. The molecule has 0 spiro atoms. The lowest BCUT2D eigenvalue weighted by Crippen LogP contribution is -2.47. The highest BCUT2D eigenvalue weighted by atomic mass is 19.1. The highest BCUT2D eigenvalue weighted by molar-refractivity contribution is 5.34. The van der Waals surface area contributed by atoms with Crippen molar-refractivity contribution in [2.24, 2.45) is 17.8 Å². The number of rotatable bonds is 3. The molecule has 0 heterocycles. The lowest BCUT2D eigenvalue weighted by molar-refractivity contribution is -0.0893. The van der Waals surface area contributed by atoms with Gasteiger partial charge in [0.1, 0.15) is 11.6 Å². The minimum atomic E-state index is -1.03. The molecule has 1 aromatic carbocycles. The van der Waals surface area contributed by atoms with Gasteiger partial charge in [-0.15, -0.1) is 0 Å². The monoisotopic (exact) mass is 293 g/mol. The molecular weight excluding hydrogens is 269 g/mol. The Hall–Kier alpha value is -1.13. The van der Waals surface area contributed by atoms with Gasteiger partial charge in [0.05, 0.1) is 5.60 Å². The third-order valence-corrected chi connectivity index (χ3v) is 5.31. The average molecular weight is 293 g/mol. The number of hydrogen-bond acceptors (Lipinski definition) is 3. The van der Waals surface area contributed by atoms with E-state index in [1.54, 1.807) is 0 Å². The fourth-order valence-corrected chi connectivity index (χ4v) is 4.50. The summed E-state index contributed by atoms with van der Waals surface area (Å²) in [6, 6.07) is 3.99. The van der Waals surface area contributed by atoms with Gasteiger partial charge in [-0.25, -0.2) is 4.39 Å². The number of aliphatic hydroxyl groups is 1. The lowest BCUT2D eigenvalue weighted by atomic mass is 9.66. The summed E-state index contributed by atoms with van der Waals surface area (Å²) in [7, 11) is 4.01. The number of benzene rings is 1. The van der Waals surface area contributed by atoms with E-state index in [9.17, 15) is 14.6 Å². The van der Waals surface area contributed by atoms with Crippen molar-refractivity contribution >= 4 is 0 Å². The maximum absolute atomic E-state index is 13.7. The number of halogens is 1. The van der Waals surface area contributed by atoms with Crippen LogP contribution in [0.1, 0.15) is 31.2 Å². The Kier molecular flexibility index (Phi) is 3.70. The van der Waals surface area contributed by atoms with E-state index in [4.69, 9.17) is 0 Å². The predicted octanol–water partition coefficient (Wildman–Crippen LogP) is 2.72. The second-order valence-electron chi connectivity index (χ2n) is 7.13. The van der Waals surface area contributed by atoms with Crippen molar-refractivity contribution in [2.75, 3.05) is 20.6 Å². The van der Waals surface area contributed by atoms with Gasteiger partial charge >= 0.3 is 0 Å². The van der Waals surface area contributed by atoms with Gasteiger partial charge in [-0.3, -0.25) is 0 Å². The zero-order valence-corrected chi connectivity index (χ0v) is 12.7. The number of hydrogen-bond donors (Lipinski definition) is 2. The molecule has 4 atom stereocenters. The van der Waals surface area contributed by atoms with Crippen LogP contribution in [0.4, 0.5) is 4.39 Å². The number of phenols is 1. The average Bonchev–Trinajstić information content (AvgIpc) is 2.77. The molecule has 2 aliphatic carbocycles. The fourth-order valence-electron chi connectivity index (χ4n) is 4.50. The molecule has 0 radical (unpaired) electrons. The zero-order valence-electron chi connectivity index (χ0n) is 12.7. The van der Waals surface area contributed by atoms with Crippen molar-refractivity contribution in [3.63, 3.8) is 0 Å². The van der Waals surface area contributed by atoms with Crippen LogP contribution in [0, 0.1) is 23.6 Å². The molecule has 2 bridgehead atoms. The Morgan fingerprint density at radius 3 is 2.71 bits per heavy atom. The Bertz CT molecular complexity index is 513. The van der Waals surface area contributed by atoms with E-state index >= 15 is 0 Å². The van der Waals surface area contributed by atoms with Gasteiger partial charge in [-0.2, -0.15) is 0 Å². The maximum Gasteiger partial charge on any atom is 0.127 e. The second kappa shape index (κ2) is 5.25. The number of phenolic OH excluding ortho intramolecular Hbond substituents is 1. The summed E-state index contributed by atoms with van der Waals surface area (Å²) < 4.78 is 13.7. The van der Waals surface area contributed by atoms with Crippen molar-refractivity contribution in [1.82, 2.24) is 4.90 Å². The molecule has 1 aromatic rings. The highest BCUT2D eigenvalue weighted by Gasteiger charge is 2.51. The van der Waals surface area contributed by atoms with Crippen LogP contribution in [0.15, 0.2) is 18.2 Å². The quantitative estimate of drug-likeness (QED) is 0.900. The number of aromatic hydroxyl groups is 1. The summed E-state index contributed by atoms with van der Waals surface area (Å²) in [5.41, 5.74) is -0.503. The summed E-state index contributed by atoms with van der Waals surface area (Å²) >= 11 is 0. The van der Waals surface area contributed by atoms with Gasteiger partial charge in [0.15, 0.2) is 0 Å². The Balaban J connectivity index is 2.02. The molecule has 0 aliphatic heterocycles. The van der Waals surface area contributed by atoms with Gasteiger partial charge < -0.3 is 15.1 Å². The SMILES string of the molecule is CN(C)CC1C2CCC(C2)CC1(O)c1cc(O)cc(F)c1. The van der Waals surface area contributed by atoms with Crippen molar-refractivity contribution in [1.29, 1.82) is 0 Å². The Labute approximate surface area is 125 Å². The molecule has 2 aliphatic rings. The molecule has 2 N–H and O–H groups in total. The molecule has 0 amide bonds. The fraction of sp³-hybridized carbons (Fsp3) is 0.647. The van der Waals surface area contributed by atoms with E-state index in [0.717, 1.165) is 25.5 Å². The van der Waals surface area contributed by atoms with Crippen LogP contribution in [0.25, 0.3) is 0 Å². The van der Waals surface area contributed by atoms with Crippen LogP contribution >= 0.6 is 0 Å². The summed E-state index contributed by atoms with van der Waals surface area (Å²) in [6.45, 7) is 0.783. The first-order valence-electron chi connectivity index (χ1n) is 7.75. The van der Waals surface area contributed by atoms with Gasteiger partial charge in [-0.05, 0) is 62.9 Å². The standard InChI is InChI=1S/C17H24FNO2/c1-19(2)10-16-12-4-3-11(5-12)9-17(16,21)13-6-14(18)8-15(20)7-13/h6-8,11-12,16,20-21H,3-5,9-10H2,1-2H3. The van der Waals surface area contributed by atoms with Gasteiger partial charge in [0.2, 0.25) is 0 Å². The van der Waals surface area contributed by atoms with Crippen LogP contribution in [-0.2, 0) is 5.60 Å². The van der Waals surface area contributed by atoms with Gasteiger partial charge in [0, 0.05) is 18.5 Å². The molecule has 4 heteroatoms. The van der Waals surface area contributed by atoms with Crippen molar-refractivity contribution < 1.29 is 14.6 Å². The number of fused-ring (bicyclic) bond motifs is 2. The van der Waals surface area contributed by atoms with E-state index in [1.165, 1.54) is 18.6 Å². The normalized spacial score (nSPS) is 35.4. The number of nitrogens with zero attached hydrogens (tertiary/aromatic N) is 1. The maximum atomic E-state index is 13.7. The molecule has 3 rings (SSSR count). The summed E-state index contributed by atoms with van der Waals surface area (Å²) in [4.78, 5) is 2.09. The molecule has 3 nitrogen and oxygen atoms in total. The minimum absolute atomic E-state index is 0.0902. The molecule has 0 saturated heterocycles. The van der Waals surface area contributed by atoms with Gasteiger partial charge in [-0.1, -0.05) is 6.42 Å². The third-order valence-electron chi connectivity index (χ3n) is 5.31. The first kappa shape index (κ1) is 14.8. The molecular formula is C17H24FNO2. The first-order valence-corrected chi connectivity index (χ1v) is 7.75. The van der Waals surface area contributed by atoms with Gasteiger partial charge in [0.25, 0.3) is 0 Å². The van der Waals surface area contributed by atoms with Crippen LogP contribution in [0.2, 0.25) is 0 Å². The molecule has 2 fully saturated rings. The van der Waals surface area contributed by atoms with Crippen molar-refractivity contribution in [3.8, 4) is 5.75 Å². The largest absolute Gasteiger partial charge is 0.508 e. The summed E-state index contributed by atoms with van der Waals surface area (Å²) in [5, 5.41) is 21.1. The molecule has 0 aromatic heterocycles. The molecule has 21 heavy (non-hydrogen) atoms. The highest BCUT2D eigenvalue weighted by Crippen LogP contribution is 2.54. The third kappa shape index (κ3) is 2.67. The van der Waals surface area contributed by atoms with E-state index in [-0.39, 0.29) is 11.7 Å². The van der Waals surface area contributed by atoms with Crippen molar-refractivity contribution in [2.45, 2.75) is 31.3 Å². The lowest BCUT2D eigenvalue weighted by Gasteiger charge is -2.45. The van der Waals surface area contributed by atoms with Crippen LogP contribution in [-0.4, -0.2) is 35.8 Å². The van der Waals surface area contributed by atoms with E-state index in [2.05, 4.69) is 4.90 Å². The first-order chi connectivity index (χ1) is 9.88. The van der Waals surface area contributed by atoms with E-state index in [1.807, 2.05) is 14.1 Å². The second-order valence-corrected chi connectivity index (χ2v) is 7.13. The minimum Gasteiger partial charge on any atom is -0.508 e. The van der Waals surface area contributed by atoms with Crippen LogP contribution in [0.5, 0.6) is 5.75 Å². The van der Waals surface area contributed by atoms with Crippen LogP contribution < -0.4 is 0 Å². The molecule has 2 saturated carbocycles. The topological polar surface area (TPSA) is 43.7 Å². The molecule has 116 valence electrons. The van der Waals surface area contributed by atoms with Crippen molar-refractivity contribution in [3.05, 3.63) is 29.6 Å². The van der Waals surface area contributed by atoms with E-state index < -0.39 is 11.4 Å². The zero-order chi connectivity index (χ0) is 15.2. The smallest absolute Gasteiger partial charge is 0.127 e. The Morgan fingerprint density at radius 1 is 1.29 bits per heavy atom. The molecule has 4 unspecified atom stereocenters. The summed E-state index contributed by atoms with van der Waals surface area (Å²) in [6.07, 6.45) is 4.14. The summed E-state index contributed by atoms with van der Waals surface area (Å²) in [5.74, 6) is 0.498. The van der Waals surface area contributed by atoms with Crippen LogP contribution in [0.3, 0.4) is 0 Å². The predicted molar refractivity (Wildman–Crippen MR) is 79.5 cm³/mol. The van der Waals surface area contributed by atoms with E-state index in [0.29, 0.717) is 23.8 Å².